The molecule has 150 valence electrons. The fourth-order valence-corrected chi connectivity index (χ4v) is 4.86. The van der Waals surface area contributed by atoms with Crippen LogP contribution >= 0.6 is 0 Å². The van der Waals surface area contributed by atoms with Gasteiger partial charge in [0, 0.05) is 18.8 Å². The molecule has 0 amide bonds. The Morgan fingerprint density at radius 3 is 2.59 bits per heavy atom. The van der Waals surface area contributed by atoms with Crippen molar-refractivity contribution in [3.8, 4) is 6.07 Å². The number of hydrogen-bond acceptors (Lipinski definition) is 4. The van der Waals surface area contributed by atoms with Crippen LogP contribution in [0.4, 0.5) is 11.4 Å². The molecule has 0 unspecified atom stereocenters. The molecule has 2 aromatic rings. The number of nitrogens with two attached hydrogens (primary N) is 1. The number of fused-ring (bicyclic) bond motifs is 1. The first-order chi connectivity index (χ1) is 14.0. The number of anilines is 2. The molecular weight excluding hydrogens is 356 g/mol. The van der Waals surface area contributed by atoms with Gasteiger partial charge in [-0.15, -0.1) is 0 Å². The maximum atomic E-state index is 8.98. The quantitative estimate of drug-likeness (QED) is 0.781. The highest BCUT2D eigenvalue weighted by Gasteiger charge is 2.25. The third-order valence-electron chi connectivity index (χ3n) is 6.35. The molecule has 4 heteroatoms. The minimum absolute atomic E-state index is 0.585. The molecule has 2 aliphatic heterocycles. The second-order valence-corrected chi connectivity index (χ2v) is 8.47. The molecule has 0 atom stereocenters. The Balaban J connectivity index is 1.38. The van der Waals surface area contributed by atoms with Gasteiger partial charge >= 0.3 is 0 Å². The summed E-state index contributed by atoms with van der Waals surface area (Å²) in [5.41, 5.74) is 14.3. The van der Waals surface area contributed by atoms with Crippen molar-refractivity contribution in [2.75, 3.05) is 36.8 Å². The number of nitrogen functional groups attached to an aromatic ring is 1. The first kappa shape index (κ1) is 19.5. The maximum absolute atomic E-state index is 8.98. The van der Waals surface area contributed by atoms with Crippen molar-refractivity contribution >= 4 is 11.4 Å². The first-order valence-corrected chi connectivity index (χ1v) is 10.6. The van der Waals surface area contributed by atoms with Gasteiger partial charge in [-0.1, -0.05) is 24.8 Å². The highest BCUT2D eigenvalue weighted by molar-refractivity contribution is 5.75. The monoisotopic (exact) mass is 386 g/mol. The fraction of sp³-hybridized carbons (Fsp3) is 0.400. The van der Waals surface area contributed by atoms with Gasteiger partial charge in [0.15, 0.2) is 0 Å². The Hall–Kier alpha value is -2.77. The molecule has 2 N–H and O–H groups in total. The Morgan fingerprint density at radius 1 is 1.17 bits per heavy atom. The molecule has 29 heavy (non-hydrogen) atoms. The average molecular weight is 387 g/mol. The van der Waals surface area contributed by atoms with Crippen LogP contribution < -0.4 is 10.6 Å². The summed E-state index contributed by atoms with van der Waals surface area (Å²) >= 11 is 0. The molecule has 1 fully saturated rings. The molecule has 0 radical (unpaired) electrons. The highest BCUT2D eigenvalue weighted by Crippen LogP contribution is 2.36. The van der Waals surface area contributed by atoms with E-state index in [1.165, 1.54) is 22.4 Å². The van der Waals surface area contributed by atoms with Gasteiger partial charge in [-0.2, -0.15) is 5.26 Å². The zero-order chi connectivity index (χ0) is 20.4. The normalized spacial score (nSPS) is 17.6. The van der Waals surface area contributed by atoms with Crippen LogP contribution in [0.15, 0.2) is 48.7 Å². The predicted octanol–water partition coefficient (Wildman–Crippen LogP) is 4.59. The number of nitriles is 1. The van der Waals surface area contributed by atoms with Crippen LogP contribution in [0.5, 0.6) is 0 Å². The topological polar surface area (TPSA) is 56.3 Å². The van der Waals surface area contributed by atoms with Gasteiger partial charge in [0.2, 0.25) is 0 Å². The standard InChI is InChI=1S/C25H30N4/c1-18-14-23-4-3-11-29(25(23)24(27)15-18)19(2)17-28-12-9-22(10-13-28)21-7-5-20(16-26)6-8-21/h5-8,14-15,22H,2-4,9-13,17,27H2,1H3. The first-order valence-electron chi connectivity index (χ1n) is 10.6. The minimum atomic E-state index is 0.585. The van der Waals surface area contributed by atoms with E-state index < -0.39 is 0 Å². The largest absolute Gasteiger partial charge is 0.397 e. The summed E-state index contributed by atoms with van der Waals surface area (Å²) in [6, 6.07) is 14.7. The van der Waals surface area contributed by atoms with Crippen LogP contribution in [0.25, 0.3) is 0 Å². The van der Waals surface area contributed by atoms with Gasteiger partial charge in [0.25, 0.3) is 0 Å². The van der Waals surface area contributed by atoms with Crippen LogP contribution in [-0.4, -0.2) is 31.1 Å². The van der Waals surface area contributed by atoms with Gasteiger partial charge in [-0.25, -0.2) is 0 Å². The van der Waals surface area contributed by atoms with Crippen molar-refractivity contribution < 1.29 is 0 Å². The molecule has 0 bridgehead atoms. The lowest BCUT2D eigenvalue weighted by atomic mass is 9.89. The summed E-state index contributed by atoms with van der Waals surface area (Å²) in [6.07, 6.45) is 4.55. The number of benzene rings is 2. The number of likely N-dealkylation sites (tertiary alicyclic amines) is 1. The van der Waals surface area contributed by atoms with E-state index in [1.54, 1.807) is 0 Å². The summed E-state index contributed by atoms with van der Waals surface area (Å²) in [4.78, 5) is 4.86. The van der Waals surface area contributed by atoms with Gasteiger partial charge in [-0.05, 0) is 86.5 Å². The number of hydrogen-bond donors (Lipinski definition) is 1. The van der Waals surface area contributed by atoms with E-state index in [4.69, 9.17) is 11.0 Å². The summed E-state index contributed by atoms with van der Waals surface area (Å²) in [5.74, 6) is 0.585. The SMILES string of the molecule is C=C(CN1CCC(c2ccc(C#N)cc2)CC1)N1CCCc2cc(C)cc(N)c21. The van der Waals surface area contributed by atoms with Crippen molar-refractivity contribution in [1.82, 2.24) is 4.90 Å². The second kappa shape index (κ2) is 8.31. The Kier molecular flexibility index (Phi) is 5.60. The molecule has 2 heterocycles. The van der Waals surface area contributed by atoms with E-state index in [0.717, 1.165) is 68.8 Å². The summed E-state index contributed by atoms with van der Waals surface area (Å²) < 4.78 is 0. The van der Waals surface area contributed by atoms with Crippen LogP contribution in [0.1, 0.15) is 47.4 Å². The third-order valence-corrected chi connectivity index (χ3v) is 6.35. The molecule has 2 aromatic carbocycles. The molecule has 1 saturated heterocycles. The third kappa shape index (κ3) is 4.16. The molecule has 4 nitrogen and oxygen atoms in total. The fourth-order valence-electron chi connectivity index (χ4n) is 4.86. The molecule has 0 aliphatic carbocycles. The highest BCUT2D eigenvalue weighted by atomic mass is 15.2. The molecule has 0 aromatic heterocycles. The van der Waals surface area contributed by atoms with E-state index in [9.17, 15) is 0 Å². The molecular formula is C25H30N4. The lowest BCUT2D eigenvalue weighted by Gasteiger charge is -2.38. The number of rotatable bonds is 4. The van der Waals surface area contributed by atoms with Gasteiger partial charge in [0.1, 0.15) is 0 Å². The van der Waals surface area contributed by atoms with Crippen LogP contribution in [0.3, 0.4) is 0 Å². The zero-order valence-corrected chi connectivity index (χ0v) is 17.3. The maximum Gasteiger partial charge on any atom is 0.0991 e. The van der Waals surface area contributed by atoms with Crippen molar-refractivity contribution in [2.45, 2.75) is 38.5 Å². The van der Waals surface area contributed by atoms with Crippen LogP contribution in [-0.2, 0) is 6.42 Å². The van der Waals surface area contributed by atoms with Crippen molar-refractivity contribution in [2.24, 2.45) is 0 Å². The summed E-state index contributed by atoms with van der Waals surface area (Å²) in [5, 5.41) is 8.98. The predicted molar refractivity (Wildman–Crippen MR) is 120 cm³/mol. The number of nitrogens with zero attached hydrogens (tertiary/aromatic N) is 3. The lowest BCUT2D eigenvalue weighted by molar-refractivity contribution is 0.227. The van der Waals surface area contributed by atoms with Gasteiger partial charge in [-0.3, -0.25) is 4.90 Å². The second-order valence-electron chi connectivity index (χ2n) is 8.47. The minimum Gasteiger partial charge on any atom is -0.397 e. The van der Waals surface area contributed by atoms with E-state index in [-0.39, 0.29) is 0 Å². The lowest BCUT2D eigenvalue weighted by Crippen LogP contribution is -2.39. The van der Waals surface area contributed by atoms with Crippen molar-refractivity contribution in [3.63, 3.8) is 0 Å². The molecule has 0 saturated carbocycles. The van der Waals surface area contributed by atoms with Crippen LogP contribution in [0.2, 0.25) is 0 Å². The number of aryl methyl sites for hydroxylation is 2. The Bertz CT molecular complexity index is 931. The molecule has 2 aliphatic rings. The Morgan fingerprint density at radius 2 is 1.90 bits per heavy atom. The zero-order valence-electron chi connectivity index (χ0n) is 17.3. The van der Waals surface area contributed by atoms with E-state index in [2.05, 4.69) is 53.6 Å². The number of piperidine rings is 1. The van der Waals surface area contributed by atoms with Crippen molar-refractivity contribution in [3.05, 3.63) is 70.9 Å². The van der Waals surface area contributed by atoms with E-state index in [0.29, 0.717) is 5.92 Å². The molecule has 4 rings (SSSR count). The van der Waals surface area contributed by atoms with E-state index in [1.807, 2.05) is 12.1 Å². The van der Waals surface area contributed by atoms with Crippen molar-refractivity contribution in [1.29, 1.82) is 5.26 Å². The molecule has 0 spiro atoms. The smallest absolute Gasteiger partial charge is 0.0991 e. The van der Waals surface area contributed by atoms with E-state index >= 15 is 0 Å². The average Bonchev–Trinajstić information content (AvgIpc) is 2.73. The van der Waals surface area contributed by atoms with Gasteiger partial charge < -0.3 is 10.6 Å². The summed E-state index contributed by atoms with van der Waals surface area (Å²) in [6.45, 7) is 10.6. The van der Waals surface area contributed by atoms with Gasteiger partial charge in [0.05, 0.1) is 23.0 Å². The Labute approximate surface area is 174 Å². The summed E-state index contributed by atoms with van der Waals surface area (Å²) in [7, 11) is 0. The van der Waals surface area contributed by atoms with Crippen LogP contribution in [0, 0.1) is 18.3 Å².